The third-order valence-corrected chi connectivity index (χ3v) is 2.77. The Kier molecular flexibility index (Phi) is 1.89. The van der Waals surface area contributed by atoms with Gasteiger partial charge in [-0.15, -0.1) is 0 Å². The van der Waals surface area contributed by atoms with Gasteiger partial charge >= 0.3 is 0 Å². The van der Waals surface area contributed by atoms with Crippen molar-refractivity contribution in [1.82, 2.24) is 9.55 Å². The molecule has 15 heavy (non-hydrogen) atoms. The van der Waals surface area contributed by atoms with Gasteiger partial charge in [0.2, 0.25) is 0 Å². The molecule has 2 aromatic heterocycles. The SMILES string of the molecule is OC1CCCc2nc(-c3ccco3)cn21. The van der Waals surface area contributed by atoms with Gasteiger partial charge in [-0.1, -0.05) is 0 Å². The zero-order valence-electron chi connectivity index (χ0n) is 8.26. The van der Waals surface area contributed by atoms with Crippen molar-refractivity contribution < 1.29 is 9.52 Å². The first-order valence-corrected chi connectivity index (χ1v) is 5.14. The van der Waals surface area contributed by atoms with Crippen LogP contribution in [-0.2, 0) is 6.42 Å². The van der Waals surface area contributed by atoms with Crippen LogP contribution in [0.1, 0.15) is 24.9 Å². The Bertz CT molecular complexity index is 459. The van der Waals surface area contributed by atoms with Crippen molar-refractivity contribution in [2.75, 3.05) is 0 Å². The monoisotopic (exact) mass is 204 g/mol. The number of rotatable bonds is 1. The lowest BCUT2D eigenvalue weighted by Crippen LogP contribution is -2.16. The van der Waals surface area contributed by atoms with E-state index in [2.05, 4.69) is 4.98 Å². The standard InChI is InChI=1S/C11H12N2O2/c14-11-5-1-4-10-12-8(7-13(10)11)9-3-2-6-15-9/h2-3,6-7,11,14H,1,4-5H2. The molecule has 4 nitrogen and oxygen atoms in total. The van der Waals surface area contributed by atoms with Crippen LogP contribution in [0.2, 0.25) is 0 Å². The second-order valence-corrected chi connectivity index (χ2v) is 3.80. The van der Waals surface area contributed by atoms with E-state index in [0.29, 0.717) is 0 Å². The summed E-state index contributed by atoms with van der Waals surface area (Å²) in [5.74, 6) is 1.70. The molecule has 3 heterocycles. The summed E-state index contributed by atoms with van der Waals surface area (Å²) in [5, 5.41) is 9.76. The first kappa shape index (κ1) is 8.73. The van der Waals surface area contributed by atoms with E-state index in [0.717, 1.165) is 36.5 Å². The fourth-order valence-electron chi connectivity index (χ4n) is 2.00. The van der Waals surface area contributed by atoms with E-state index in [1.807, 2.05) is 22.9 Å². The minimum Gasteiger partial charge on any atom is -0.463 e. The third-order valence-electron chi connectivity index (χ3n) is 2.77. The Morgan fingerprint density at radius 3 is 3.20 bits per heavy atom. The smallest absolute Gasteiger partial charge is 0.153 e. The van der Waals surface area contributed by atoms with Crippen molar-refractivity contribution in [3.05, 3.63) is 30.4 Å². The first-order chi connectivity index (χ1) is 7.34. The summed E-state index contributed by atoms with van der Waals surface area (Å²) in [7, 11) is 0. The molecule has 1 N–H and O–H groups in total. The van der Waals surface area contributed by atoms with Gasteiger partial charge in [-0.05, 0) is 25.0 Å². The Morgan fingerprint density at radius 2 is 2.47 bits per heavy atom. The number of aromatic nitrogens is 2. The van der Waals surface area contributed by atoms with Gasteiger partial charge in [0.05, 0.1) is 6.26 Å². The van der Waals surface area contributed by atoms with Gasteiger partial charge in [0.25, 0.3) is 0 Å². The Labute approximate surface area is 87.2 Å². The Morgan fingerprint density at radius 1 is 1.53 bits per heavy atom. The van der Waals surface area contributed by atoms with Gasteiger partial charge in [-0.3, -0.25) is 0 Å². The summed E-state index contributed by atoms with van der Waals surface area (Å²) in [6.45, 7) is 0. The molecular formula is C11H12N2O2. The van der Waals surface area contributed by atoms with Gasteiger partial charge in [0.1, 0.15) is 17.7 Å². The number of nitrogens with zero attached hydrogens (tertiary/aromatic N) is 2. The van der Waals surface area contributed by atoms with Crippen LogP contribution in [0, 0.1) is 0 Å². The van der Waals surface area contributed by atoms with Gasteiger partial charge in [0, 0.05) is 12.6 Å². The van der Waals surface area contributed by atoms with Crippen LogP contribution in [0.15, 0.2) is 29.0 Å². The predicted octanol–water partition coefficient (Wildman–Crippen LogP) is 1.97. The maximum atomic E-state index is 9.76. The number of fused-ring (bicyclic) bond motifs is 1. The maximum Gasteiger partial charge on any atom is 0.153 e. The molecule has 0 spiro atoms. The van der Waals surface area contributed by atoms with E-state index >= 15 is 0 Å². The molecule has 0 aliphatic carbocycles. The summed E-state index contributed by atoms with van der Waals surface area (Å²) in [4.78, 5) is 4.45. The lowest BCUT2D eigenvalue weighted by Gasteiger charge is -2.19. The average Bonchev–Trinajstić information content (AvgIpc) is 2.86. The molecule has 0 saturated heterocycles. The van der Waals surface area contributed by atoms with E-state index in [1.165, 1.54) is 0 Å². The summed E-state index contributed by atoms with van der Waals surface area (Å²) < 4.78 is 7.11. The number of imidazole rings is 1. The van der Waals surface area contributed by atoms with Crippen LogP contribution < -0.4 is 0 Å². The minimum atomic E-state index is -0.426. The van der Waals surface area contributed by atoms with Crippen molar-refractivity contribution in [2.24, 2.45) is 0 Å². The van der Waals surface area contributed by atoms with Crippen molar-refractivity contribution >= 4 is 0 Å². The van der Waals surface area contributed by atoms with E-state index < -0.39 is 6.23 Å². The second kappa shape index (κ2) is 3.24. The van der Waals surface area contributed by atoms with Crippen molar-refractivity contribution in [3.63, 3.8) is 0 Å². The largest absolute Gasteiger partial charge is 0.463 e. The van der Waals surface area contributed by atoms with Crippen LogP contribution in [0.4, 0.5) is 0 Å². The third kappa shape index (κ3) is 1.37. The number of furan rings is 1. The molecule has 0 radical (unpaired) electrons. The Balaban J connectivity index is 2.06. The van der Waals surface area contributed by atoms with Gasteiger partial charge < -0.3 is 14.1 Å². The van der Waals surface area contributed by atoms with Crippen LogP contribution in [0.25, 0.3) is 11.5 Å². The average molecular weight is 204 g/mol. The van der Waals surface area contributed by atoms with E-state index in [1.54, 1.807) is 6.26 Å². The Hall–Kier alpha value is -1.55. The highest BCUT2D eigenvalue weighted by Gasteiger charge is 2.20. The first-order valence-electron chi connectivity index (χ1n) is 5.14. The van der Waals surface area contributed by atoms with Crippen LogP contribution in [-0.4, -0.2) is 14.7 Å². The molecule has 4 heteroatoms. The summed E-state index contributed by atoms with van der Waals surface area (Å²) in [6.07, 6.45) is 5.79. The number of aliphatic hydroxyl groups excluding tert-OH is 1. The summed E-state index contributed by atoms with van der Waals surface area (Å²) in [5.41, 5.74) is 0.802. The van der Waals surface area contributed by atoms with Crippen molar-refractivity contribution in [3.8, 4) is 11.5 Å². The molecule has 1 unspecified atom stereocenters. The summed E-state index contributed by atoms with van der Waals surface area (Å²) >= 11 is 0. The molecule has 3 rings (SSSR count). The zero-order valence-corrected chi connectivity index (χ0v) is 8.26. The number of aliphatic hydroxyl groups is 1. The lowest BCUT2D eigenvalue weighted by atomic mass is 10.1. The molecule has 1 atom stereocenters. The second-order valence-electron chi connectivity index (χ2n) is 3.80. The molecule has 0 saturated carbocycles. The quantitative estimate of drug-likeness (QED) is 0.772. The predicted molar refractivity (Wildman–Crippen MR) is 54.1 cm³/mol. The lowest BCUT2D eigenvalue weighted by molar-refractivity contribution is 0.0781. The topological polar surface area (TPSA) is 51.2 Å². The van der Waals surface area contributed by atoms with Crippen molar-refractivity contribution in [2.45, 2.75) is 25.5 Å². The van der Waals surface area contributed by atoms with Crippen LogP contribution in [0.3, 0.4) is 0 Å². The molecule has 1 aliphatic heterocycles. The van der Waals surface area contributed by atoms with Crippen LogP contribution in [0.5, 0.6) is 0 Å². The minimum absolute atomic E-state index is 0.426. The maximum absolute atomic E-state index is 9.76. The number of hydrogen-bond donors (Lipinski definition) is 1. The van der Waals surface area contributed by atoms with Gasteiger partial charge in [0.15, 0.2) is 5.76 Å². The zero-order chi connectivity index (χ0) is 10.3. The molecule has 1 aliphatic rings. The van der Waals surface area contributed by atoms with Crippen molar-refractivity contribution in [1.29, 1.82) is 0 Å². The summed E-state index contributed by atoms with van der Waals surface area (Å²) in [6, 6.07) is 3.71. The van der Waals surface area contributed by atoms with E-state index in [9.17, 15) is 5.11 Å². The molecule has 0 aromatic carbocycles. The van der Waals surface area contributed by atoms with Crippen LogP contribution >= 0.6 is 0 Å². The number of hydrogen-bond acceptors (Lipinski definition) is 3. The highest BCUT2D eigenvalue weighted by Crippen LogP contribution is 2.26. The molecular weight excluding hydrogens is 192 g/mol. The van der Waals surface area contributed by atoms with Gasteiger partial charge in [-0.25, -0.2) is 4.98 Å². The molecule has 0 amide bonds. The molecule has 0 bridgehead atoms. The van der Waals surface area contributed by atoms with Gasteiger partial charge in [-0.2, -0.15) is 0 Å². The highest BCUT2D eigenvalue weighted by molar-refractivity contribution is 5.51. The molecule has 2 aromatic rings. The molecule has 0 fully saturated rings. The molecule has 78 valence electrons. The fourth-order valence-corrected chi connectivity index (χ4v) is 2.00. The van der Waals surface area contributed by atoms with E-state index in [-0.39, 0.29) is 0 Å². The fraction of sp³-hybridized carbons (Fsp3) is 0.364. The number of aryl methyl sites for hydroxylation is 1. The normalized spacial score (nSPS) is 20.2. The van der Waals surface area contributed by atoms with E-state index in [4.69, 9.17) is 4.42 Å². The highest BCUT2D eigenvalue weighted by atomic mass is 16.3.